The van der Waals surface area contributed by atoms with Crippen LogP contribution in [0, 0.1) is 10.1 Å². The first kappa shape index (κ1) is 17.4. The highest BCUT2D eigenvalue weighted by atomic mass is 16.6. The van der Waals surface area contributed by atoms with Gasteiger partial charge in [-0.25, -0.2) is 0 Å². The highest BCUT2D eigenvalue weighted by Gasteiger charge is 2.16. The number of aliphatic hydroxyl groups is 1. The lowest BCUT2D eigenvalue weighted by molar-refractivity contribution is -0.386. The van der Waals surface area contributed by atoms with Gasteiger partial charge in [-0.1, -0.05) is 19.9 Å². The Labute approximate surface area is 124 Å². The number of nitrogens with one attached hydrogen (secondary N) is 1. The third-order valence-electron chi connectivity index (χ3n) is 2.66. The van der Waals surface area contributed by atoms with Crippen LogP contribution in [0.5, 0.6) is 5.75 Å². The molecule has 7 heteroatoms. The van der Waals surface area contributed by atoms with Crippen molar-refractivity contribution in [3.05, 3.63) is 33.9 Å². The zero-order valence-electron chi connectivity index (χ0n) is 12.4. The Morgan fingerprint density at radius 1 is 1.33 bits per heavy atom. The van der Waals surface area contributed by atoms with Gasteiger partial charge in [0.1, 0.15) is 6.61 Å². The molecule has 0 heterocycles. The molecule has 0 aliphatic heterocycles. The van der Waals surface area contributed by atoms with Crippen molar-refractivity contribution in [2.24, 2.45) is 0 Å². The molecule has 1 aromatic carbocycles. The number of hydrogen-bond acceptors (Lipinski definition) is 6. The molecule has 21 heavy (non-hydrogen) atoms. The van der Waals surface area contributed by atoms with Crippen molar-refractivity contribution >= 4 is 5.69 Å². The van der Waals surface area contributed by atoms with E-state index in [0.717, 1.165) is 5.56 Å². The summed E-state index contributed by atoms with van der Waals surface area (Å²) in [7, 11) is 0. The largest absolute Gasteiger partial charge is 0.484 e. The Balaban J connectivity index is 2.64. The molecule has 0 aliphatic rings. The number of rotatable bonds is 10. The number of nitro groups is 1. The van der Waals surface area contributed by atoms with Crippen LogP contribution in [-0.2, 0) is 11.3 Å². The van der Waals surface area contributed by atoms with Gasteiger partial charge in [0.2, 0.25) is 0 Å². The number of aliphatic hydroxyl groups excluding tert-OH is 1. The summed E-state index contributed by atoms with van der Waals surface area (Å²) in [4.78, 5) is 10.6. The molecule has 0 spiro atoms. The predicted octanol–water partition coefficient (Wildman–Crippen LogP) is 1.48. The maximum absolute atomic E-state index is 11.1. The molecule has 0 unspecified atom stereocenters. The normalized spacial score (nSPS) is 10.9. The summed E-state index contributed by atoms with van der Waals surface area (Å²) in [5, 5.41) is 22.9. The van der Waals surface area contributed by atoms with E-state index in [1.165, 1.54) is 6.07 Å². The average Bonchev–Trinajstić information content (AvgIpc) is 2.45. The molecule has 0 aromatic heterocycles. The molecule has 0 fully saturated rings. The van der Waals surface area contributed by atoms with Gasteiger partial charge in [0.05, 0.1) is 24.7 Å². The van der Waals surface area contributed by atoms with Crippen LogP contribution >= 0.6 is 0 Å². The Bertz CT molecular complexity index is 451. The topological polar surface area (TPSA) is 93.9 Å². The lowest BCUT2D eigenvalue weighted by Crippen LogP contribution is -2.21. The average molecular weight is 298 g/mol. The van der Waals surface area contributed by atoms with Crippen LogP contribution in [-0.4, -0.2) is 42.5 Å². The Morgan fingerprint density at radius 3 is 2.71 bits per heavy atom. The van der Waals surface area contributed by atoms with Crippen molar-refractivity contribution in [1.29, 1.82) is 0 Å². The second kappa shape index (κ2) is 9.28. The fourth-order valence-electron chi connectivity index (χ4n) is 1.64. The summed E-state index contributed by atoms with van der Waals surface area (Å²) in [5.74, 6) is 0.223. The molecule has 0 bridgehead atoms. The van der Waals surface area contributed by atoms with E-state index in [1.807, 2.05) is 13.8 Å². The smallest absolute Gasteiger partial charge is 0.311 e. The molecule has 0 saturated carbocycles. The van der Waals surface area contributed by atoms with Crippen LogP contribution < -0.4 is 10.1 Å². The van der Waals surface area contributed by atoms with Crippen molar-refractivity contribution in [1.82, 2.24) is 5.32 Å². The molecule has 0 atom stereocenters. The molecule has 0 radical (unpaired) electrons. The molecular formula is C14H22N2O5. The molecule has 7 nitrogen and oxygen atoms in total. The van der Waals surface area contributed by atoms with E-state index in [1.54, 1.807) is 12.1 Å². The first-order valence-corrected chi connectivity index (χ1v) is 6.86. The van der Waals surface area contributed by atoms with Gasteiger partial charge in [-0.05, 0) is 11.6 Å². The number of benzene rings is 1. The maximum Gasteiger partial charge on any atom is 0.311 e. The summed E-state index contributed by atoms with van der Waals surface area (Å²) in [6, 6.07) is 5.22. The third-order valence-corrected chi connectivity index (χ3v) is 2.66. The molecule has 0 aliphatic carbocycles. The van der Waals surface area contributed by atoms with Crippen LogP contribution in [0.2, 0.25) is 0 Å². The van der Waals surface area contributed by atoms with Crippen molar-refractivity contribution < 1.29 is 19.5 Å². The lowest BCUT2D eigenvalue weighted by Gasteiger charge is -2.10. The molecule has 1 aromatic rings. The van der Waals surface area contributed by atoms with Crippen molar-refractivity contribution in [2.45, 2.75) is 26.4 Å². The van der Waals surface area contributed by atoms with E-state index in [-0.39, 0.29) is 37.9 Å². The summed E-state index contributed by atoms with van der Waals surface area (Å²) < 4.78 is 10.4. The Hall–Kier alpha value is -1.70. The molecule has 0 saturated heterocycles. The zero-order chi connectivity index (χ0) is 15.7. The van der Waals surface area contributed by atoms with E-state index in [9.17, 15) is 10.1 Å². The minimum absolute atomic E-state index is 0.0554. The zero-order valence-corrected chi connectivity index (χ0v) is 12.4. The lowest BCUT2D eigenvalue weighted by atomic mass is 10.2. The van der Waals surface area contributed by atoms with Crippen LogP contribution in [0.3, 0.4) is 0 Å². The number of nitrogens with zero attached hydrogens (tertiary/aromatic N) is 1. The number of hydrogen-bond donors (Lipinski definition) is 2. The number of nitro benzene ring substituents is 1. The maximum atomic E-state index is 11.1. The van der Waals surface area contributed by atoms with Crippen LogP contribution in [0.25, 0.3) is 0 Å². The Kier molecular flexibility index (Phi) is 7.66. The Morgan fingerprint density at radius 2 is 2.10 bits per heavy atom. The van der Waals surface area contributed by atoms with Crippen molar-refractivity contribution in [3.8, 4) is 5.75 Å². The second-order valence-corrected chi connectivity index (χ2v) is 4.78. The third kappa shape index (κ3) is 6.52. The second-order valence-electron chi connectivity index (χ2n) is 4.78. The fraction of sp³-hybridized carbons (Fsp3) is 0.571. The van der Waals surface area contributed by atoms with Gasteiger partial charge in [-0.3, -0.25) is 10.1 Å². The van der Waals surface area contributed by atoms with Gasteiger partial charge >= 0.3 is 5.69 Å². The molecular weight excluding hydrogens is 276 g/mol. The van der Waals surface area contributed by atoms with Crippen molar-refractivity contribution in [2.75, 3.05) is 26.4 Å². The van der Waals surface area contributed by atoms with E-state index in [2.05, 4.69) is 5.32 Å². The van der Waals surface area contributed by atoms with Gasteiger partial charge < -0.3 is 19.9 Å². The van der Waals surface area contributed by atoms with E-state index in [4.69, 9.17) is 14.6 Å². The van der Waals surface area contributed by atoms with Gasteiger partial charge in [-0.2, -0.15) is 0 Å². The standard InChI is InChI=1S/C14H22N2O5/c1-11(2)15-10-12-3-4-14(13(9-12)16(18)19)21-8-7-20-6-5-17/h3-4,9,11,15,17H,5-8,10H2,1-2H3. The minimum Gasteiger partial charge on any atom is -0.484 e. The van der Waals surface area contributed by atoms with Crippen molar-refractivity contribution in [3.63, 3.8) is 0 Å². The quantitative estimate of drug-likeness (QED) is 0.386. The summed E-state index contributed by atoms with van der Waals surface area (Å²) in [6.45, 7) is 5.23. The first-order chi connectivity index (χ1) is 10.0. The number of ether oxygens (including phenoxy) is 2. The highest BCUT2D eigenvalue weighted by molar-refractivity contribution is 5.48. The van der Waals surface area contributed by atoms with Gasteiger partial charge in [0, 0.05) is 18.7 Å². The van der Waals surface area contributed by atoms with E-state index < -0.39 is 4.92 Å². The predicted molar refractivity (Wildman–Crippen MR) is 78.5 cm³/mol. The first-order valence-electron chi connectivity index (χ1n) is 6.86. The van der Waals surface area contributed by atoms with E-state index >= 15 is 0 Å². The molecule has 118 valence electrons. The van der Waals surface area contributed by atoms with Gasteiger partial charge in [0.15, 0.2) is 5.75 Å². The molecule has 0 amide bonds. The van der Waals surface area contributed by atoms with Crippen LogP contribution in [0.15, 0.2) is 18.2 Å². The molecule has 2 N–H and O–H groups in total. The minimum atomic E-state index is -0.456. The summed E-state index contributed by atoms with van der Waals surface area (Å²) in [6.07, 6.45) is 0. The summed E-state index contributed by atoms with van der Waals surface area (Å²) >= 11 is 0. The van der Waals surface area contributed by atoms with Crippen LogP contribution in [0.1, 0.15) is 19.4 Å². The fourth-order valence-corrected chi connectivity index (χ4v) is 1.64. The van der Waals surface area contributed by atoms with E-state index in [0.29, 0.717) is 12.6 Å². The highest BCUT2D eigenvalue weighted by Crippen LogP contribution is 2.28. The SMILES string of the molecule is CC(C)NCc1ccc(OCCOCCO)c([N+](=O)[O-])c1. The van der Waals surface area contributed by atoms with Crippen LogP contribution in [0.4, 0.5) is 5.69 Å². The molecule has 1 rings (SSSR count). The monoisotopic (exact) mass is 298 g/mol. The van der Waals surface area contributed by atoms with Gasteiger partial charge in [0.25, 0.3) is 0 Å². The summed E-state index contributed by atoms with van der Waals surface area (Å²) in [5.41, 5.74) is 0.777. The van der Waals surface area contributed by atoms with Gasteiger partial charge in [-0.15, -0.1) is 0 Å².